The number of Topliss-reactive ketones (excluding diaryl/α,β-unsaturated/α-hetero) is 1. The maximum atomic E-state index is 12.6. The second kappa shape index (κ2) is 8.12. The summed E-state index contributed by atoms with van der Waals surface area (Å²) in [7, 11) is 0. The summed E-state index contributed by atoms with van der Waals surface area (Å²) in [4.78, 5) is 55.0. The number of amides is 2. The third-order valence-corrected chi connectivity index (χ3v) is 4.69. The van der Waals surface area contributed by atoms with Gasteiger partial charge >= 0.3 is 6.09 Å². The highest BCUT2D eigenvalue weighted by Gasteiger charge is 2.27. The fraction of sp³-hybridized carbons (Fsp3) is 0.368. The smallest absolute Gasteiger partial charge is 0.409 e. The number of anilines is 1. The number of hydrogen-bond acceptors (Lipinski definition) is 6. The average Bonchev–Trinajstić information content (AvgIpc) is 2.71. The number of pyridine rings is 1. The molecule has 148 valence electrons. The summed E-state index contributed by atoms with van der Waals surface area (Å²) in [6, 6.07) is 6.73. The normalized spacial score (nSPS) is 14.2. The molecule has 3 N–H and O–H groups in total. The molecule has 0 unspecified atom stereocenters. The number of nitrogens with zero attached hydrogens (tertiary/aromatic N) is 2. The third-order valence-electron chi connectivity index (χ3n) is 4.69. The zero-order valence-electron chi connectivity index (χ0n) is 15.6. The minimum Gasteiger partial charge on any atom is -0.450 e. The summed E-state index contributed by atoms with van der Waals surface area (Å²) in [6.45, 7) is 3.33. The Kier molecular flexibility index (Phi) is 5.62. The van der Waals surface area contributed by atoms with Crippen LogP contribution in [0.1, 0.15) is 23.8 Å². The van der Waals surface area contributed by atoms with E-state index < -0.39 is 23.7 Å². The molecule has 28 heavy (non-hydrogen) atoms. The average molecular weight is 386 g/mol. The van der Waals surface area contributed by atoms with Crippen molar-refractivity contribution in [3.05, 3.63) is 40.2 Å². The van der Waals surface area contributed by atoms with Crippen molar-refractivity contribution in [2.75, 3.05) is 38.5 Å². The number of aromatic nitrogens is 1. The molecule has 1 aromatic heterocycles. The van der Waals surface area contributed by atoms with E-state index in [-0.39, 0.29) is 23.9 Å². The van der Waals surface area contributed by atoms with Crippen molar-refractivity contribution in [2.45, 2.75) is 13.3 Å². The minimum absolute atomic E-state index is 0.0535. The highest BCUT2D eigenvalue weighted by atomic mass is 16.6. The largest absolute Gasteiger partial charge is 0.450 e. The Balaban J connectivity index is 1.68. The van der Waals surface area contributed by atoms with Crippen LogP contribution in [0, 0.1) is 0 Å². The van der Waals surface area contributed by atoms with Crippen LogP contribution in [0.5, 0.6) is 0 Å². The number of carbonyl (C=O) groups is 3. The molecule has 1 saturated heterocycles. The lowest BCUT2D eigenvalue weighted by atomic mass is 10.1. The van der Waals surface area contributed by atoms with Crippen LogP contribution in [0.4, 0.5) is 10.5 Å². The maximum Gasteiger partial charge on any atom is 0.409 e. The lowest BCUT2D eigenvalue weighted by Crippen LogP contribution is -2.51. The number of nitrogen functional groups attached to an aromatic ring is 1. The second-order valence-electron chi connectivity index (χ2n) is 6.46. The molecule has 2 amide bonds. The molecule has 9 heteroatoms. The molecule has 2 aromatic rings. The quantitative estimate of drug-likeness (QED) is 0.596. The standard InChI is InChI=1S/C19H22N4O5/c1-2-28-19(27)23-9-7-22(8-10-23)15(25)11-14(24)17-16(20)18(26)12-5-3-4-6-13(12)21-17/h3-6H,2,7-11,20H2,1H3,(H,21,26). The molecule has 0 atom stereocenters. The Hall–Kier alpha value is -3.36. The van der Waals surface area contributed by atoms with Crippen LogP contribution < -0.4 is 11.2 Å². The number of ketones is 1. The van der Waals surface area contributed by atoms with E-state index in [2.05, 4.69) is 4.98 Å². The zero-order valence-corrected chi connectivity index (χ0v) is 15.6. The second-order valence-corrected chi connectivity index (χ2v) is 6.46. The predicted octanol–water partition coefficient (Wildman–Crippen LogP) is 0.984. The van der Waals surface area contributed by atoms with Gasteiger partial charge in [-0.2, -0.15) is 0 Å². The number of hydrogen-bond donors (Lipinski definition) is 2. The van der Waals surface area contributed by atoms with Crippen LogP contribution in [0.25, 0.3) is 10.9 Å². The minimum atomic E-state index is -0.543. The maximum absolute atomic E-state index is 12.6. The Morgan fingerprint density at radius 2 is 1.75 bits per heavy atom. The van der Waals surface area contributed by atoms with E-state index in [1.165, 1.54) is 9.80 Å². The van der Waals surface area contributed by atoms with Gasteiger partial charge in [0.15, 0.2) is 5.78 Å². The summed E-state index contributed by atoms with van der Waals surface area (Å²) in [5.74, 6) is -0.917. The summed E-state index contributed by atoms with van der Waals surface area (Å²) in [6.07, 6.45) is -0.815. The van der Waals surface area contributed by atoms with Crippen molar-refractivity contribution in [1.29, 1.82) is 0 Å². The number of nitrogens with two attached hydrogens (primary N) is 1. The number of nitrogens with one attached hydrogen (secondary N) is 1. The van der Waals surface area contributed by atoms with Gasteiger partial charge in [-0.1, -0.05) is 12.1 Å². The van der Waals surface area contributed by atoms with E-state index in [1.807, 2.05) is 0 Å². The highest BCUT2D eigenvalue weighted by Crippen LogP contribution is 2.15. The molecule has 1 fully saturated rings. The van der Waals surface area contributed by atoms with Gasteiger partial charge in [0.05, 0.1) is 13.0 Å². The molecule has 0 aliphatic carbocycles. The molecule has 0 radical (unpaired) electrons. The van der Waals surface area contributed by atoms with Crippen LogP contribution >= 0.6 is 0 Å². The lowest BCUT2D eigenvalue weighted by Gasteiger charge is -2.34. The third kappa shape index (κ3) is 3.83. The van der Waals surface area contributed by atoms with Gasteiger partial charge < -0.3 is 25.3 Å². The first-order chi connectivity index (χ1) is 13.4. The van der Waals surface area contributed by atoms with Crippen LogP contribution in [0.2, 0.25) is 0 Å². The van der Waals surface area contributed by atoms with Crippen LogP contribution in [0.15, 0.2) is 29.1 Å². The molecule has 0 saturated carbocycles. The number of aromatic amines is 1. The SMILES string of the molecule is CCOC(=O)N1CCN(C(=O)CC(=O)c2[nH]c3ccccc3c(=O)c2N)CC1. The summed E-state index contributed by atoms with van der Waals surface area (Å²) < 4.78 is 4.94. The first-order valence-corrected chi connectivity index (χ1v) is 9.05. The Morgan fingerprint density at radius 3 is 2.43 bits per heavy atom. The Morgan fingerprint density at radius 1 is 1.11 bits per heavy atom. The number of ether oxygens (including phenoxy) is 1. The number of H-pyrrole nitrogens is 1. The van der Waals surface area contributed by atoms with E-state index in [0.29, 0.717) is 37.1 Å². The fourth-order valence-corrected chi connectivity index (χ4v) is 3.16. The monoisotopic (exact) mass is 386 g/mol. The lowest BCUT2D eigenvalue weighted by molar-refractivity contribution is -0.131. The van der Waals surface area contributed by atoms with Gasteiger partial charge in [-0.3, -0.25) is 14.4 Å². The number of rotatable bonds is 4. The summed E-state index contributed by atoms with van der Waals surface area (Å²) in [5.41, 5.74) is 5.64. The van der Waals surface area contributed by atoms with Crippen molar-refractivity contribution in [2.24, 2.45) is 0 Å². The van der Waals surface area contributed by atoms with E-state index in [4.69, 9.17) is 10.5 Å². The van der Waals surface area contributed by atoms with Gasteiger partial charge in [0.25, 0.3) is 0 Å². The van der Waals surface area contributed by atoms with Crippen molar-refractivity contribution in [3.63, 3.8) is 0 Å². The molecule has 1 aliphatic heterocycles. The van der Waals surface area contributed by atoms with Crippen molar-refractivity contribution in [3.8, 4) is 0 Å². The molecule has 9 nitrogen and oxygen atoms in total. The molecule has 2 heterocycles. The van der Waals surface area contributed by atoms with Crippen LogP contribution in [0.3, 0.4) is 0 Å². The first-order valence-electron chi connectivity index (χ1n) is 9.05. The zero-order chi connectivity index (χ0) is 20.3. The number of para-hydroxylation sites is 1. The van der Waals surface area contributed by atoms with E-state index in [9.17, 15) is 19.2 Å². The predicted molar refractivity (Wildman–Crippen MR) is 103 cm³/mol. The van der Waals surface area contributed by atoms with Gasteiger partial charge in [0, 0.05) is 37.1 Å². The Bertz CT molecular complexity index is 976. The summed E-state index contributed by atoms with van der Waals surface area (Å²) >= 11 is 0. The number of fused-ring (bicyclic) bond motifs is 1. The van der Waals surface area contributed by atoms with Gasteiger partial charge in [-0.15, -0.1) is 0 Å². The van der Waals surface area contributed by atoms with Gasteiger partial charge in [0.1, 0.15) is 11.4 Å². The molecular weight excluding hydrogens is 364 g/mol. The number of carbonyl (C=O) groups excluding carboxylic acids is 3. The van der Waals surface area contributed by atoms with E-state index in [0.717, 1.165) is 0 Å². The molecule has 1 aliphatic rings. The number of piperazine rings is 1. The summed E-state index contributed by atoms with van der Waals surface area (Å²) in [5, 5.41) is 0.387. The van der Waals surface area contributed by atoms with Gasteiger partial charge in [-0.05, 0) is 19.1 Å². The fourth-order valence-electron chi connectivity index (χ4n) is 3.16. The van der Waals surface area contributed by atoms with Crippen molar-refractivity contribution < 1.29 is 19.1 Å². The Labute approximate surface area is 161 Å². The number of benzene rings is 1. The molecule has 1 aromatic carbocycles. The van der Waals surface area contributed by atoms with Gasteiger partial charge in [0.2, 0.25) is 11.3 Å². The topological polar surface area (TPSA) is 126 Å². The van der Waals surface area contributed by atoms with Crippen LogP contribution in [-0.2, 0) is 9.53 Å². The molecule has 0 spiro atoms. The van der Waals surface area contributed by atoms with Crippen molar-refractivity contribution in [1.82, 2.24) is 14.8 Å². The van der Waals surface area contributed by atoms with E-state index in [1.54, 1.807) is 31.2 Å². The van der Waals surface area contributed by atoms with Crippen LogP contribution in [-0.4, -0.2) is 65.4 Å². The molecule has 0 bridgehead atoms. The van der Waals surface area contributed by atoms with Gasteiger partial charge in [-0.25, -0.2) is 4.79 Å². The highest BCUT2D eigenvalue weighted by molar-refractivity contribution is 6.10. The van der Waals surface area contributed by atoms with E-state index >= 15 is 0 Å². The first kappa shape index (κ1) is 19.4. The molecule has 3 rings (SSSR count). The van der Waals surface area contributed by atoms with Crippen molar-refractivity contribution >= 4 is 34.4 Å². The molecular formula is C19H22N4O5.